The molecule has 1 aromatic heterocycles. The van der Waals surface area contributed by atoms with Crippen molar-refractivity contribution in [1.82, 2.24) is 14.8 Å². The van der Waals surface area contributed by atoms with Crippen LogP contribution in [0.5, 0.6) is 0 Å². The predicted octanol–water partition coefficient (Wildman–Crippen LogP) is 2.19. The molecule has 2 saturated heterocycles. The molecular formula is C20H24N4O3. The van der Waals surface area contributed by atoms with Crippen LogP contribution in [0.1, 0.15) is 35.0 Å². The number of amides is 2. The molecule has 27 heavy (non-hydrogen) atoms. The van der Waals surface area contributed by atoms with Gasteiger partial charge in [-0.3, -0.25) is 9.59 Å². The van der Waals surface area contributed by atoms with Crippen molar-refractivity contribution < 1.29 is 14.0 Å². The smallest absolute Gasteiger partial charge is 0.275 e. The average molecular weight is 368 g/mol. The third-order valence-electron chi connectivity index (χ3n) is 5.57. The largest absolute Gasteiger partial charge is 0.447 e. The maximum absolute atomic E-state index is 12.7. The van der Waals surface area contributed by atoms with Crippen LogP contribution in [-0.4, -0.2) is 59.8 Å². The number of carbonyl (C=O) groups is 2. The van der Waals surface area contributed by atoms with E-state index in [-0.39, 0.29) is 23.8 Å². The van der Waals surface area contributed by atoms with Gasteiger partial charge in [0.25, 0.3) is 5.91 Å². The van der Waals surface area contributed by atoms with Gasteiger partial charge in [0.1, 0.15) is 5.76 Å². The quantitative estimate of drug-likeness (QED) is 0.846. The lowest BCUT2D eigenvalue weighted by Gasteiger charge is -2.35. The summed E-state index contributed by atoms with van der Waals surface area (Å²) in [5.41, 5.74) is 1.39. The third kappa shape index (κ3) is 3.18. The number of anilines is 1. The topological polar surface area (TPSA) is 78.7 Å². The molecule has 2 aliphatic heterocycles. The van der Waals surface area contributed by atoms with Gasteiger partial charge in [-0.25, -0.2) is 4.98 Å². The third-order valence-corrected chi connectivity index (χ3v) is 5.57. The molecule has 7 nitrogen and oxygen atoms in total. The van der Waals surface area contributed by atoms with E-state index in [4.69, 9.17) is 4.42 Å². The Morgan fingerprint density at radius 2 is 2.07 bits per heavy atom. The van der Waals surface area contributed by atoms with Crippen molar-refractivity contribution >= 4 is 17.5 Å². The van der Waals surface area contributed by atoms with Crippen molar-refractivity contribution in [3.63, 3.8) is 0 Å². The van der Waals surface area contributed by atoms with Crippen molar-refractivity contribution in [3.05, 3.63) is 48.2 Å². The fraction of sp³-hybridized carbons (Fsp3) is 0.450. The standard InChI is InChI=1S/C20H24N4O3/c1-23(2)20(26)18-19(27-12-22-18)17-13-10-15(17)24(11-13)16(25)8-9-21-14-6-4-3-5-7-14/h3-7,12-13,15,17,21H,8-11H2,1-2H3. The highest BCUT2D eigenvalue weighted by molar-refractivity contribution is 5.93. The molecule has 3 fully saturated rings. The molecule has 3 atom stereocenters. The van der Waals surface area contributed by atoms with Crippen LogP contribution in [0.4, 0.5) is 5.69 Å². The molecule has 2 aromatic rings. The second kappa shape index (κ2) is 7.06. The van der Waals surface area contributed by atoms with Crippen molar-refractivity contribution in [2.24, 2.45) is 5.92 Å². The first-order valence-electron chi connectivity index (χ1n) is 9.29. The molecule has 1 aliphatic carbocycles. The molecule has 142 valence electrons. The molecule has 7 heteroatoms. The van der Waals surface area contributed by atoms with Gasteiger partial charge in [-0.15, -0.1) is 0 Å². The van der Waals surface area contributed by atoms with Gasteiger partial charge in [-0.05, 0) is 24.5 Å². The van der Waals surface area contributed by atoms with Gasteiger partial charge in [0, 0.05) is 51.3 Å². The molecule has 0 radical (unpaired) electrons. The van der Waals surface area contributed by atoms with Crippen LogP contribution in [0.15, 0.2) is 41.1 Å². The summed E-state index contributed by atoms with van der Waals surface area (Å²) in [6.07, 6.45) is 2.75. The zero-order valence-electron chi connectivity index (χ0n) is 15.6. The minimum atomic E-state index is -0.157. The molecule has 1 aromatic carbocycles. The Hall–Kier alpha value is -2.83. The molecule has 0 spiro atoms. The molecule has 3 aliphatic rings. The Balaban J connectivity index is 1.37. The first kappa shape index (κ1) is 17.6. The molecule has 2 amide bonds. The van der Waals surface area contributed by atoms with Crippen LogP contribution in [0.2, 0.25) is 0 Å². The number of fused-ring (bicyclic) bond motifs is 1. The summed E-state index contributed by atoms with van der Waals surface area (Å²) in [6, 6.07) is 9.98. The molecule has 5 rings (SSSR count). The number of aromatic nitrogens is 1. The van der Waals surface area contributed by atoms with Crippen LogP contribution in [-0.2, 0) is 4.79 Å². The average Bonchev–Trinajstić information content (AvgIpc) is 3.36. The van der Waals surface area contributed by atoms with Crippen LogP contribution in [0.3, 0.4) is 0 Å². The van der Waals surface area contributed by atoms with Crippen LogP contribution in [0.25, 0.3) is 0 Å². The Labute approximate surface area is 158 Å². The SMILES string of the molecule is CN(C)C(=O)c1ncoc1C1C2CC1N(C(=O)CCNc1ccccc1)C2. The number of carbonyl (C=O) groups excluding carboxylic acids is 2. The normalized spacial score (nSPS) is 23.0. The highest BCUT2D eigenvalue weighted by Crippen LogP contribution is 2.53. The lowest BCUT2D eigenvalue weighted by atomic mass is 9.72. The van der Waals surface area contributed by atoms with Gasteiger partial charge < -0.3 is 19.5 Å². The number of oxazole rings is 1. The van der Waals surface area contributed by atoms with E-state index in [0.717, 1.165) is 18.7 Å². The Bertz CT molecular complexity index is 833. The highest BCUT2D eigenvalue weighted by atomic mass is 16.3. The summed E-state index contributed by atoms with van der Waals surface area (Å²) in [5.74, 6) is 1.05. The summed E-state index contributed by atoms with van der Waals surface area (Å²) in [7, 11) is 3.40. The number of benzene rings is 1. The fourth-order valence-corrected chi connectivity index (χ4v) is 4.17. The number of nitrogens with one attached hydrogen (secondary N) is 1. The van der Waals surface area contributed by atoms with E-state index in [1.807, 2.05) is 35.2 Å². The van der Waals surface area contributed by atoms with E-state index >= 15 is 0 Å². The van der Waals surface area contributed by atoms with Gasteiger partial charge in [0.15, 0.2) is 12.1 Å². The van der Waals surface area contributed by atoms with Crippen molar-refractivity contribution in [1.29, 1.82) is 0 Å². The second-order valence-electron chi connectivity index (χ2n) is 7.44. The van der Waals surface area contributed by atoms with Crippen LogP contribution < -0.4 is 5.32 Å². The molecule has 3 unspecified atom stereocenters. The van der Waals surface area contributed by atoms with Gasteiger partial charge >= 0.3 is 0 Å². The Morgan fingerprint density at radius 3 is 2.81 bits per heavy atom. The number of nitrogens with zero attached hydrogens (tertiary/aromatic N) is 3. The van der Waals surface area contributed by atoms with Gasteiger partial charge in [-0.1, -0.05) is 18.2 Å². The van der Waals surface area contributed by atoms with Crippen LogP contribution in [0, 0.1) is 5.92 Å². The number of rotatable bonds is 6. The van der Waals surface area contributed by atoms with E-state index in [0.29, 0.717) is 30.3 Å². The van der Waals surface area contributed by atoms with Gasteiger partial charge in [-0.2, -0.15) is 0 Å². The van der Waals surface area contributed by atoms with E-state index in [2.05, 4.69) is 10.3 Å². The van der Waals surface area contributed by atoms with Crippen molar-refractivity contribution in [3.8, 4) is 0 Å². The lowest BCUT2D eigenvalue weighted by Crippen LogP contribution is -2.40. The maximum Gasteiger partial charge on any atom is 0.275 e. The van der Waals surface area contributed by atoms with E-state index in [1.165, 1.54) is 11.3 Å². The van der Waals surface area contributed by atoms with E-state index < -0.39 is 0 Å². The first-order valence-corrected chi connectivity index (χ1v) is 9.29. The monoisotopic (exact) mass is 368 g/mol. The second-order valence-corrected chi connectivity index (χ2v) is 7.44. The molecular weight excluding hydrogens is 344 g/mol. The van der Waals surface area contributed by atoms with Gasteiger partial charge in [0.2, 0.25) is 5.91 Å². The lowest BCUT2D eigenvalue weighted by molar-refractivity contribution is -0.131. The maximum atomic E-state index is 12.7. The summed E-state index contributed by atoms with van der Waals surface area (Å²) in [5, 5.41) is 3.28. The molecule has 2 bridgehead atoms. The Morgan fingerprint density at radius 1 is 1.30 bits per heavy atom. The molecule has 1 saturated carbocycles. The summed E-state index contributed by atoms with van der Waals surface area (Å²) in [6.45, 7) is 1.34. The number of hydrogen-bond donors (Lipinski definition) is 1. The zero-order chi connectivity index (χ0) is 19.0. The van der Waals surface area contributed by atoms with E-state index in [1.54, 1.807) is 14.1 Å². The van der Waals surface area contributed by atoms with Crippen molar-refractivity contribution in [2.75, 3.05) is 32.5 Å². The summed E-state index contributed by atoms with van der Waals surface area (Å²) < 4.78 is 5.58. The molecule has 3 heterocycles. The Kier molecular flexibility index (Phi) is 4.59. The zero-order valence-corrected chi connectivity index (χ0v) is 15.6. The number of para-hydroxylation sites is 1. The predicted molar refractivity (Wildman–Crippen MR) is 100 cm³/mol. The number of hydrogen-bond acceptors (Lipinski definition) is 5. The van der Waals surface area contributed by atoms with Crippen LogP contribution >= 0.6 is 0 Å². The molecule has 1 N–H and O–H groups in total. The minimum Gasteiger partial charge on any atom is -0.447 e. The first-order chi connectivity index (χ1) is 13.1. The van der Waals surface area contributed by atoms with E-state index in [9.17, 15) is 9.59 Å². The minimum absolute atomic E-state index is 0.0810. The fourth-order valence-electron chi connectivity index (χ4n) is 4.17. The summed E-state index contributed by atoms with van der Waals surface area (Å²) >= 11 is 0. The highest BCUT2D eigenvalue weighted by Gasteiger charge is 2.56. The van der Waals surface area contributed by atoms with Gasteiger partial charge in [0.05, 0.1) is 0 Å². The summed E-state index contributed by atoms with van der Waals surface area (Å²) in [4.78, 5) is 32.6. The van der Waals surface area contributed by atoms with Crippen molar-refractivity contribution in [2.45, 2.75) is 24.8 Å².